The van der Waals surface area contributed by atoms with E-state index in [-0.39, 0.29) is 0 Å². The molecule has 1 aliphatic rings. The van der Waals surface area contributed by atoms with Crippen molar-refractivity contribution < 1.29 is 9.84 Å². The van der Waals surface area contributed by atoms with Crippen LogP contribution < -0.4 is 0 Å². The SMILES string of the molecule is Cc1ccc(C)c(C(O)CN(C)CCOCC2CC2)c1. The lowest BCUT2D eigenvalue weighted by Crippen LogP contribution is -2.28. The molecule has 112 valence electrons. The van der Waals surface area contributed by atoms with Crippen molar-refractivity contribution in [1.82, 2.24) is 4.90 Å². The molecule has 3 heteroatoms. The van der Waals surface area contributed by atoms with Crippen LogP contribution in [-0.4, -0.2) is 43.4 Å². The molecule has 20 heavy (non-hydrogen) atoms. The Morgan fingerprint density at radius 1 is 1.35 bits per heavy atom. The maximum atomic E-state index is 10.4. The fraction of sp³-hybridized carbons (Fsp3) is 0.647. The quantitative estimate of drug-likeness (QED) is 0.742. The smallest absolute Gasteiger partial charge is 0.0919 e. The Morgan fingerprint density at radius 2 is 2.10 bits per heavy atom. The highest BCUT2D eigenvalue weighted by molar-refractivity contribution is 5.32. The molecule has 0 aliphatic heterocycles. The van der Waals surface area contributed by atoms with Crippen LogP contribution in [0, 0.1) is 19.8 Å². The van der Waals surface area contributed by atoms with Gasteiger partial charge < -0.3 is 14.7 Å². The molecule has 2 rings (SSSR count). The van der Waals surface area contributed by atoms with Gasteiger partial charge in [0.25, 0.3) is 0 Å². The summed E-state index contributed by atoms with van der Waals surface area (Å²) in [4.78, 5) is 2.14. The van der Waals surface area contributed by atoms with E-state index in [9.17, 15) is 5.11 Å². The van der Waals surface area contributed by atoms with Crippen molar-refractivity contribution >= 4 is 0 Å². The van der Waals surface area contributed by atoms with Crippen LogP contribution in [0.2, 0.25) is 0 Å². The molecule has 0 heterocycles. The third-order valence-corrected chi connectivity index (χ3v) is 3.95. The molecule has 1 aromatic rings. The molecule has 0 spiro atoms. The van der Waals surface area contributed by atoms with E-state index in [1.54, 1.807) is 0 Å². The Balaban J connectivity index is 1.74. The number of aliphatic hydroxyl groups is 1. The van der Waals surface area contributed by atoms with Crippen LogP contribution in [-0.2, 0) is 4.74 Å². The van der Waals surface area contributed by atoms with E-state index >= 15 is 0 Å². The highest BCUT2D eigenvalue weighted by Gasteiger charge is 2.21. The molecule has 0 radical (unpaired) electrons. The summed E-state index contributed by atoms with van der Waals surface area (Å²) in [6.45, 7) is 7.30. The Kier molecular flexibility index (Phi) is 5.58. The van der Waals surface area contributed by atoms with Gasteiger partial charge in [0.2, 0.25) is 0 Å². The molecule has 3 nitrogen and oxygen atoms in total. The van der Waals surface area contributed by atoms with E-state index in [0.717, 1.165) is 36.8 Å². The van der Waals surface area contributed by atoms with E-state index in [4.69, 9.17) is 4.74 Å². The highest BCUT2D eigenvalue weighted by Crippen LogP contribution is 2.28. The van der Waals surface area contributed by atoms with Gasteiger partial charge in [0.15, 0.2) is 0 Å². The van der Waals surface area contributed by atoms with Gasteiger partial charge in [-0.05, 0) is 50.8 Å². The standard InChI is InChI=1S/C17H27NO2/c1-13-4-5-14(2)16(10-13)17(19)11-18(3)8-9-20-12-15-6-7-15/h4-5,10,15,17,19H,6-9,11-12H2,1-3H3. The molecule has 0 amide bonds. The molecule has 1 aromatic carbocycles. The third kappa shape index (κ3) is 4.89. The maximum absolute atomic E-state index is 10.4. The van der Waals surface area contributed by atoms with Gasteiger partial charge in [0.1, 0.15) is 0 Å². The first-order valence-electron chi connectivity index (χ1n) is 7.57. The first-order chi connectivity index (χ1) is 9.56. The Hall–Kier alpha value is -0.900. The summed E-state index contributed by atoms with van der Waals surface area (Å²) in [5.41, 5.74) is 3.39. The van der Waals surface area contributed by atoms with Gasteiger partial charge in [-0.2, -0.15) is 0 Å². The molecular weight excluding hydrogens is 250 g/mol. The van der Waals surface area contributed by atoms with Crippen LogP contribution in [0.1, 0.15) is 35.6 Å². The van der Waals surface area contributed by atoms with Crippen molar-refractivity contribution in [2.45, 2.75) is 32.8 Å². The van der Waals surface area contributed by atoms with Gasteiger partial charge >= 0.3 is 0 Å². The molecule has 1 N–H and O–H groups in total. The largest absolute Gasteiger partial charge is 0.387 e. The number of ether oxygens (including phenoxy) is 1. The monoisotopic (exact) mass is 277 g/mol. The third-order valence-electron chi connectivity index (χ3n) is 3.95. The van der Waals surface area contributed by atoms with Crippen molar-refractivity contribution in [2.75, 3.05) is 33.4 Å². The van der Waals surface area contributed by atoms with Crippen LogP contribution in [0.4, 0.5) is 0 Å². The maximum Gasteiger partial charge on any atom is 0.0919 e. The fourth-order valence-corrected chi connectivity index (χ4v) is 2.36. The number of benzene rings is 1. The Morgan fingerprint density at radius 3 is 2.80 bits per heavy atom. The first kappa shape index (κ1) is 15.5. The second-order valence-corrected chi connectivity index (χ2v) is 6.16. The highest BCUT2D eigenvalue weighted by atomic mass is 16.5. The number of aryl methyl sites for hydroxylation is 2. The molecule has 0 saturated heterocycles. The van der Waals surface area contributed by atoms with E-state index in [2.05, 4.69) is 36.9 Å². The Labute approximate surface area is 122 Å². The molecule has 1 fully saturated rings. The minimum atomic E-state index is -0.427. The molecule has 1 unspecified atom stereocenters. The zero-order chi connectivity index (χ0) is 14.5. The summed E-state index contributed by atoms with van der Waals surface area (Å²) >= 11 is 0. The molecule has 0 bridgehead atoms. The predicted molar refractivity (Wildman–Crippen MR) is 81.9 cm³/mol. The normalized spacial score (nSPS) is 16.6. The number of likely N-dealkylation sites (N-methyl/N-ethyl adjacent to an activating group) is 1. The summed E-state index contributed by atoms with van der Waals surface area (Å²) in [7, 11) is 2.04. The summed E-state index contributed by atoms with van der Waals surface area (Å²) in [6, 6.07) is 6.24. The van der Waals surface area contributed by atoms with Crippen molar-refractivity contribution in [3.63, 3.8) is 0 Å². The van der Waals surface area contributed by atoms with Crippen LogP contribution in [0.15, 0.2) is 18.2 Å². The van der Waals surface area contributed by atoms with Crippen LogP contribution >= 0.6 is 0 Å². The minimum absolute atomic E-state index is 0.427. The van der Waals surface area contributed by atoms with Crippen LogP contribution in [0.5, 0.6) is 0 Å². The average Bonchev–Trinajstić information content (AvgIpc) is 3.21. The van der Waals surface area contributed by atoms with Gasteiger partial charge in [-0.15, -0.1) is 0 Å². The second-order valence-electron chi connectivity index (χ2n) is 6.16. The Bertz CT molecular complexity index is 429. The lowest BCUT2D eigenvalue weighted by atomic mass is 10.0. The summed E-state index contributed by atoms with van der Waals surface area (Å²) in [5.74, 6) is 0.820. The molecular formula is C17H27NO2. The predicted octanol–water partition coefficient (Wildman–Crippen LogP) is 2.70. The van der Waals surface area contributed by atoms with E-state index in [1.807, 2.05) is 7.05 Å². The fourth-order valence-electron chi connectivity index (χ4n) is 2.36. The van der Waals surface area contributed by atoms with Gasteiger partial charge in [0, 0.05) is 19.7 Å². The van der Waals surface area contributed by atoms with E-state index in [1.165, 1.54) is 18.4 Å². The lowest BCUT2D eigenvalue weighted by Gasteiger charge is -2.22. The van der Waals surface area contributed by atoms with Crippen molar-refractivity contribution in [3.8, 4) is 0 Å². The number of hydrogen-bond donors (Lipinski definition) is 1. The van der Waals surface area contributed by atoms with Gasteiger partial charge in [-0.25, -0.2) is 0 Å². The number of nitrogens with zero attached hydrogens (tertiary/aromatic N) is 1. The van der Waals surface area contributed by atoms with Crippen molar-refractivity contribution in [2.24, 2.45) is 5.92 Å². The summed E-state index contributed by atoms with van der Waals surface area (Å²) in [5, 5.41) is 10.4. The average molecular weight is 277 g/mol. The molecule has 1 atom stereocenters. The summed E-state index contributed by atoms with van der Waals surface area (Å²) < 4.78 is 5.64. The van der Waals surface area contributed by atoms with Crippen molar-refractivity contribution in [3.05, 3.63) is 34.9 Å². The van der Waals surface area contributed by atoms with E-state index < -0.39 is 6.10 Å². The molecule has 1 aliphatic carbocycles. The topological polar surface area (TPSA) is 32.7 Å². The van der Waals surface area contributed by atoms with Gasteiger partial charge in [-0.1, -0.05) is 23.8 Å². The van der Waals surface area contributed by atoms with Crippen molar-refractivity contribution in [1.29, 1.82) is 0 Å². The van der Waals surface area contributed by atoms with E-state index in [0.29, 0.717) is 6.54 Å². The zero-order valence-corrected chi connectivity index (χ0v) is 12.9. The lowest BCUT2D eigenvalue weighted by molar-refractivity contribution is 0.0792. The number of aliphatic hydroxyl groups excluding tert-OH is 1. The summed E-state index contributed by atoms with van der Waals surface area (Å²) in [6.07, 6.45) is 2.24. The van der Waals surface area contributed by atoms with Gasteiger partial charge in [0.05, 0.1) is 12.7 Å². The number of rotatable bonds is 8. The molecule has 1 saturated carbocycles. The van der Waals surface area contributed by atoms with Gasteiger partial charge in [-0.3, -0.25) is 0 Å². The second kappa shape index (κ2) is 7.21. The van der Waals surface area contributed by atoms with Crippen LogP contribution in [0.3, 0.4) is 0 Å². The zero-order valence-electron chi connectivity index (χ0n) is 12.9. The minimum Gasteiger partial charge on any atom is -0.387 e. The number of hydrogen-bond acceptors (Lipinski definition) is 3. The van der Waals surface area contributed by atoms with Crippen LogP contribution in [0.25, 0.3) is 0 Å². The first-order valence-corrected chi connectivity index (χ1v) is 7.57. The molecule has 0 aromatic heterocycles.